The fourth-order valence-electron chi connectivity index (χ4n) is 4.07. The molecular weight excluding hydrogens is 437 g/mol. The Kier molecular flexibility index (Phi) is 6.21. The summed E-state index contributed by atoms with van der Waals surface area (Å²) in [5.41, 5.74) is 3.05. The molecule has 2 heterocycles. The SMILES string of the molecule is CN=C(NCc1cnn(Cc2ccccc2)c1)N1CCC2(CCC2)C1.I. The Morgan fingerprint density at radius 1 is 1.19 bits per heavy atom. The van der Waals surface area contributed by atoms with Crippen molar-refractivity contribution in [2.45, 2.75) is 38.8 Å². The molecule has 2 fully saturated rings. The summed E-state index contributed by atoms with van der Waals surface area (Å²) in [4.78, 5) is 6.91. The van der Waals surface area contributed by atoms with E-state index in [0.29, 0.717) is 5.41 Å². The lowest BCUT2D eigenvalue weighted by Crippen LogP contribution is -2.42. The van der Waals surface area contributed by atoms with Gasteiger partial charge in [0.2, 0.25) is 0 Å². The van der Waals surface area contributed by atoms with Crippen LogP contribution in [0.1, 0.15) is 36.8 Å². The van der Waals surface area contributed by atoms with Gasteiger partial charge in [0.1, 0.15) is 0 Å². The van der Waals surface area contributed by atoms with Gasteiger partial charge in [-0.05, 0) is 30.2 Å². The number of guanidine groups is 1. The second-order valence-electron chi connectivity index (χ2n) is 7.46. The van der Waals surface area contributed by atoms with E-state index in [1.807, 2.05) is 24.0 Å². The molecule has 5 nitrogen and oxygen atoms in total. The largest absolute Gasteiger partial charge is 0.352 e. The van der Waals surface area contributed by atoms with Gasteiger partial charge in [0.05, 0.1) is 12.7 Å². The van der Waals surface area contributed by atoms with E-state index in [9.17, 15) is 0 Å². The second kappa shape index (κ2) is 8.41. The van der Waals surface area contributed by atoms with Gasteiger partial charge in [-0.2, -0.15) is 5.10 Å². The maximum absolute atomic E-state index is 4.49. The van der Waals surface area contributed by atoms with Crippen LogP contribution in [0.2, 0.25) is 0 Å². The Hall–Kier alpha value is -1.57. The van der Waals surface area contributed by atoms with Crippen molar-refractivity contribution < 1.29 is 0 Å². The standard InChI is InChI=1S/C20H27N5.HI/c1-21-19(24-11-10-20(16-24)8-5-9-20)22-12-18-13-23-25(15-18)14-17-6-3-2-4-7-17;/h2-4,6-7,13,15H,5,8-12,14,16H2,1H3,(H,21,22);1H. The number of rotatable bonds is 4. The van der Waals surface area contributed by atoms with E-state index in [1.54, 1.807) is 0 Å². The number of hydrogen-bond donors (Lipinski definition) is 1. The van der Waals surface area contributed by atoms with Crippen LogP contribution in [0.25, 0.3) is 0 Å². The van der Waals surface area contributed by atoms with Gasteiger partial charge in [-0.25, -0.2) is 0 Å². The molecule has 0 radical (unpaired) electrons. The molecule has 0 bridgehead atoms. The number of benzene rings is 1. The summed E-state index contributed by atoms with van der Waals surface area (Å²) in [5.74, 6) is 1.03. The van der Waals surface area contributed by atoms with Gasteiger partial charge in [-0.1, -0.05) is 36.8 Å². The summed E-state index contributed by atoms with van der Waals surface area (Å²) in [5, 5.41) is 7.99. The first-order chi connectivity index (χ1) is 12.3. The van der Waals surface area contributed by atoms with E-state index in [0.717, 1.165) is 25.6 Å². The normalized spacial score (nSPS) is 18.5. The quantitative estimate of drug-likeness (QED) is 0.427. The summed E-state index contributed by atoms with van der Waals surface area (Å²) < 4.78 is 1.99. The van der Waals surface area contributed by atoms with Crippen LogP contribution >= 0.6 is 24.0 Å². The summed E-state index contributed by atoms with van der Waals surface area (Å²) in [6, 6.07) is 10.4. The third-order valence-corrected chi connectivity index (χ3v) is 5.69. The van der Waals surface area contributed by atoms with Crippen LogP contribution in [0.3, 0.4) is 0 Å². The zero-order valence-corrected chi connectivity index (χ0v) is 17.7. The van der Waals surface area contributed by atoms with Crippen molar-refractivity contribution in [1.29, 1.82) is 0 Å². The Balaban J connectivity index is 0.00000196. The topological polar surface area (TPSA) is 45.5 Å². The molecule has 2 aliphatic rings. The number of halogens is 1. The van der Waals surface area contributed by atoms with Crippen molar-refractivity contribution in [3.8, 4) is 0 Å². The molecule has 1 N–H and O–H groups in total. The summed E-state index contributed by atoms with van der Waals surface area (Å²) in [6.45, 7) is 3.88. The molecule has 2 aromatic rings. The van der Waals surface area contributed by atoms with E-state index in [2.05, 4.69) is 50.8 Å². The predicted octanol–water partition coefficient (Wildman–Crippen LogP) is 3.50. The molecule has 140 valence electrons. The zero-order valence-electron chi connectivity index (χ0n) is 15.4. The maximum Gasteiger partial charge on any atom is 0.193 e. The number of aromatic nitrogens is 2. The van der Waals surface area contributed by atoms with Crippen LogP contribution in [0.5, 0.6) is 0 Å². The second-order valence-corrected chi connectivity index (χ2v) is 7.46. The minimum atomic E-state index is 0. The van der Waals surface area contributed by atoms with Gasteiger partial charge in [0.15, 0.2) is 5.96 Å². The van der Waals surface area contributed by atoms with Crippen molar-refractivity contribution >= 4 is 29.9 Å². The third-order valence-electron chi connectivity index (χ3n) is 5.69. The molecule has 26 heavy (non-hydrogen) atoms. The van der Waals surface area contributed by atoms with Crippen LogP contribution in [0.4, 0.5) is 0 Å². The smallest absolute Gasteiger partial charge is 0.193 e. The van der Waals surface area contributed by atoms with E-state index in [-0.39, 0.29) is 24.0 Å². The van der Waals surface area contributed by atoms with Crippen molar-refractivity contribution in [2.24, 2.45) is 10.4 Å². The van der Waals surface area contributed by atoms with Crippen molar-refractivity contribution in [3.63, 3.8) is 0 Å². The predicted molar refractivity (Wildman–Crippen MR) is 116 cm³/mol. The van der Waals surface area contributed by atoms with Gasteiger partial charge in [0, 0.05) is 38.4 Å². The van der Waals surface area contributed by atoms with Gasteiger partial charge >= 0.3 is 0 Å². The fraction of sp³-hybridized carbons (Fsp3) is 0.500. The van der Waals surface area contributed by atoms with Crippen LogP contribution in [0, 0.1) is 5.41 Å². The first-order valence-electron chi connectivity index (χ1n) is 9.27. The molecule has 0 unspecified atom stereocenters. The lowest BCUT2D eigenvalue weighted by atomic mass is 9.68. The zero-order chi connectivity index (χ0) is 17.1. The molecule has 1 aromatic heterocycles. The van der Waals surface area contributed by atoms with Gasteiger partial charge in [0.25, 0.3) is 0 Å². The minimum Gasteiger partial charge on any atom is -0.352 e. The molecule has 6 heteroatoms. The lowest BCUT2D eigenvalue weighted by Gasteiger charge is -2.38. The molecule has 0 amide bonds. The van der Waals surface area contributed by atoms with Gasteiger partial charge < -0.3 is 10.2 Å². The Morgan fingerprint density at radius 3 is 2.65 bits per heavy atom. The number of nitrogens with one attached hydrogen (secondary N) is 1. The van der Waals surface area contributed by atoms with Crippen LogP contribution in [-0.4, -0.2) is 40.8 Å². The van der Waals surface area contributed by atoms with E-state index < -0.39 is 0 Å². The Labute approximate surface area is 172 Å². The van der Waals surface area contributed by atoms with Gasteiger partial charge in [-0.15, -0.1) is 24.0 Å². The minimum absolute atomic E-state index is 0. The van der Waals surface area contributed by atoms with Crippen LogP contribution in [0.15, 0.2) is 47.7 Å². The Bertz CT molecular complexity index is 736. The number of aliphatic imine (C=N–C) groups is 1. The molecule has 4 rings (SSSR count). The average molecular weight is 465 g/mol. The molecule has 1 aromatic carbocycles. The van der Waals surface area contributed by atoms with Gasteiger partial charge in [-0.3, -0.25) is 9.67 Å². The highest BCUT2D eigenvalue weighted by molar-refractivity contribution is 14.0. The molecule has 1 aliphatic heterocycles. The first kappa shape index (κ1) is 19.2. The maximum atomic E-state index is 4.49. The fourth-order valence-corrected chi connectivity index (χ4v) is 4.07. The number of nitrogens with zero attached hydrogens (tertiary/aromatic N) is 4. The highest BCUT2D eigenvalue weighted by Gasteiger charge is 2.43. The van der Waals surface area contributed by atoms with E-state index >= 15 is 0 Å². The van der Waals surface area contributed by atoms with E-state index in [1.165, 1.54) is 43.4 Å². The van der Waals surface area contributed by atoms with Crippen LogP contribution < -0.4 is 5.32 Å². The van der Waals surface area contributed by atoms with Crippen LogP contribution in [-0.2, 0) is 13.1 Å². The van der Waals surface area contributed by atoms with E-state index in [4.69, 9.17) is 0 Å². The summed E-state index contributed by atoms with van der Waals surface area (Å²) in [7, 11) is 1.88. The van der Waals surface area contributed by atoms with Crippen molar-refractivity contribution in [2.75, 3.05) is 20.1 Å². The van der Waals surface area contributed by atoms with Crippen molar-refractivity contribution in [3.05, 3.63) is 53.9 Å². The lowest BCUT2D eigenvalue weighted by molar-refractivity contribution is 0.151. The molecule has 1 saturated heterocycles. The molecule has 0 atom stereocenters. The number of likely N-dealkylation sites (tertiary alicyclic amines) is 1. The molecule has 1 aliphatic carbocycles. The number of hydrogen-bond acceptors (Lipinski definition) is 2. The highest BCUT2D eigenvalue weighted by atomic mass is 127. The van der Waals surface area contributed by atoms with Crippen molar-refractivity contribution in [1.82, 2.24) is 20.0 Å². The molecule has 1 spiro atoms. The summed E-state index contributed by atoms with van der Waals surface area (Å²) in [6.07, 6.45) is 9.58. The molecule has 1 saturated carbocycles. The third kappa shape index (κ3) is 4.22. The molecular formula is C20H28IN5. The Morgan fingerprint density at radius 2 is 2.00 bits per heavy atom. The average Bonchev–Trinajstić information content (AvgIpc) is 3.24. The first-order valence-corrected chi connectivity index (χ1v) is 9.27. The highest BCUT2D eigenvalue weighted by Crippen LogP contribution is 2.47. The monoisotopic (exact) mass is 465 g/mol. The summed E-state index contributed by atoms with van der Waals surface area (Å²) >= 11 is 0.